The van der Waals surface area contributed by atoms with Crippen molar-refractivity contribution in [3.63, 3.8) is 0 Å². The number of halogens is 3. The van der Waals surface area contributed by atoms with Crippen LogP contribution < -0.4 is 21.1 Å². The number of likely N-dealkylation sites (tertiary alicyclic amines) is 1. The number of ether oxygens (including phenoxy) is 1. The Morgan fingerprint density at radius 3 is 2.56 bits per heavy atom. The van der Waals surface area contributed by atoms with Gasteiger partial charge in [0.05, 0.1) is 18.2 Å². The first-order chi connectivity index (χ1) is 15.8. The van der Waals surface area contributed by atoms with Crippen molar-refractivity contribution in [2.45, 2.75) is 50.7 Å². The van der Waals surface area contributed by atoms with E-state index in [1.54, 1.807) is 0 Å². The van der Waals surface area contributed by atoms with Crippen LogP contribution >= 0.6 is 0 Å². The van der Waals surface area contributed by atoms with Crippen molar-refractivity contribution in [1.29, 1.82) is 0 Å². The van der Waals surface area contributed by atoms with Crippen LogP contribution in [0.1, 0.15) is 36.5 Å². The number of nitrogens with one attached hydrogen (secondary N) is 2. The van der Waals surface area contributed by atoms with E-state index < -0.39 is 60.3 Å². The molecule has 1 aromatic rings. The van der Waals surface area contributed by atoms with E-state index in [4.69, 9.17) is 10.8 Å². The van der Waals surface area contributed by atoms with E-state index in [1.165, 1.54) is 11.8 Å². The molecule has 0 radical (unpaired) electrons. The average molecular weight is 488 g/mol. The van der Waals surface area contributed by atoms with Gasteiger partial charge in [-0.15, -0.1) is 13.2 Å². The number of carboxylic acid groups (broad SMARTS) is 1. The van der Waals surface area contributed by atoms with Crippen molar-refractivity contribution in [1.82, 2.24) is 15.5 Å². The zero-order valence-electron chi connectivity index (χ0n) is 17.9. The van der Waals surface area contributed by atoms with E-state index in [9.17, 15) is 37.1 Å². The highest BCUT2D eigenvalue weighted by molar-refractivity contribution is 5.99. The van der Waals surface area contributed by atoms with Crippen molar-refractivity contribution < 1.29 is 47.0 Å². The third kappa shape index (κ3) is 7.08. The number of alkyl halides is 3. The van der Waals surface area contributed by atoms with E-state index in [-0.39, 0.29) is 30.5 Å². The highest BCUT2D eigenvalue weighted by Gasteiger charge is 2.37. The summed E-state index contributed by atoms with van der Waals surface area (Å²) in [5, 5.41) is 13.4. The number of rotatable bonds is 9. The Balaban J connectivity index is 2.06. The number of anilines is 1. The first-order valence-corrected chi connectivity index (χ1v) is 10.1. The number of benzene rings is 1. The molecule has 1 aromatic carbocycles. The number of nitrogen functional groups attached to an aromatic ring is 1. The smallest absolute Gasteiger partial charge is 0.481 e. The van der Waals surface area contributed by atoms with Crippen LogP contribution in [0.4, 0.5) is 18.9 Å². The second kappa shape index (κ2) is 10.9. The molecule has 1 fully saturated rings. The van der Waals surface area contributed by atoms with Gasteiger partial charge in [-0.25, -0.2) is 0 Å². The number of aldehydes is 1. The number of hydrogen-bond donors (Lipinski definition) is 4. The quantitative estimate of drug-likeness (QED) is 0.287. The van der Waals surface area contributed by atoms with Crippen molar-refractivity contribution in [3.8, 4) is 5.75 Å². The van der Waals surface area contributed by atoms with E-state index >= 15 is 0 Å². The average Bonchev–Trinajstić information content (AvgIpc) is 3.22. The molecule has 5 N–H and O–H groups in total. The molecule has 34 heavy (non-hydrogen) atoms. The fourth-order valence-electron chi connectivity index (χ4n) is 3.38. The molecule has 0 unspecified atom stereocenters. The number of amides is 3. The van der Waals surface area contributed by atoms with E-state index in [0.717, 1.165) is 18.2 Å². The molecular weight excluding hydrogens is 465 g/mol. The Hall–Kier alpha value is -3.84. The third-order valence-corrected chi connectivity index (χ3v) is 4.94. The van der Waals surface area contributed by atoms with Crippen LogP contribution in [-0.4, -0.2) is 71.0 Å². The third-order valence-electron chi connectivity index (χ3n) is 4.94. The highest BCUT2D eigenvalue weighted by Crippen LogP contribution is 2.29. The molecule has 0 saturated carbocycles. The maximum Gasteiger partial charge on any atom is 0.573 e. The lowest BCUT2D eigenvalue weighted by Gasteiger charge is -2.27. The standard InChI is InChI=1S/C20H23F3N4O7/c1-10(25-17(31)11-4-5-13(24)15(7-11)34-20(21,22)23)19(33)27-6-2-3-14(27)18(32)26-12(9-28)8-16(29)30/h4-5,7,9-10,12,14H,2-3,6,8,24H2,1H3,(H,25,31)(H,26,32)(H,29,30)/t10-,12-,14-/m0/s1. The molecule has 11 nitrogen and oxygen atoms in total. The summed E-state index contributed by atoms with van der Waals surface area (Å²) >= 11 is 0. The first-order valence-electron chi connectivity index (χ1n) is 10.1. The monoisotopic (exact) mass is 488 g/mol. The predicted molar refractivity (Wildman–Crippen MR) is 109 cm³/mol. The number of nitrogens with zero attached hydrogens (tertiary/aromatic N) is 1. The minimum Gasteiger partial charge on any atom is -0.481 e. The van der Waals surface area contributed by atoms with Crippen molar-refractivity contribution >= 4 is 35.7 Å². The van der Waals surface area contributed by atoms with Gasteiger partial charge in [0, 0.05) is 12.1 Å². The molecule has 14 heteroatoms. The van der Waals surface area contributed by atoms with E-state index in [1.807, 2.05) is 0 Å². The van der Waals surface area contributed by atoms with Gasteiger partial charge in [-0.1, -0.05) is 0 Å². The van der Waals surface area contributed by atoms with Crippen LogP contribution in [0.25, 0.3) is 0 Å². The van der Waals surface area contributed by atoms with E-state index in [2.05, 4.69) is 15.4 Å². The Bertz CT molecular complexity index is 970. The SMILES string of the molecule is C[C@H](NC(=O)c1ccc(N)c(OC(F)(F)F)c1)C(=O)N1CCC[C@H]1C(=O)N[C@H](C=O)CC(=O)O. The van der Waals surface area contributed by atoms with Crippen LogP contribution in [0.15, 0.2) is 18.2 Å². The molecule has 0 aliphatic carbocycles. The van der Waals surface area contributed by atoms with Crippen molar-refractivity contribution in [2.75, 3.05) is 12.3 Å². The van der Waals surface area contributed by atoms with Crippen molar-refractivity contribution in [3.05, 3.63) is 23.8 Å². The van der Waals surface area contributed by atoms with Crippen LogP contribution in [0.2, 0.25) is 0 Å². The number of hydrogen-bond acceptors (Lipinski definition) is 7. The Morgan fingerprint density at radius 2 is 1.97 bits per heavy atom. The Morgan fingerprint density at radius 1 is 1.29 bits per heavy atom. The molecule has 3 amide bonds. The largest absolute Gasteiger partial charge is 0.573 e. The molecule has 1 heterocycles. The van der Waals surface area contributed by atoms with Crippen molar-refractivity contribution in [2.24, 2.45) is 0 Å². The number of carbonyl (C=O) groups excluding carboxylic acids is 4. The lowest BCUT2D eigenvalue weighted by atomic mass is 10.1. The predicted octanol–water partition coefficient (Wildman–Crippen LogP) is 0.435. The molecule has 1 aliphatic heterocycles. The normalized spacial score (nSPS) is 17.4. The maximum absolute atomic E-state index is 12.8. The fourth-order valence-corrected chi connectivity index (χ4v) is 3.38. The van der Waals surface area contributed by atoms with E-state index in [0.29, 0.717) is 6.42 Å². The molecule has 1 aliphatic rings. The number of aliphatic carboxylic acids is 1. The molecule has 0 spiro atoms. The number of carboxylic acids is 1. The van der Waals surface area contributed by atoms with Crippen LogP contribution in [0.3, 0.4) is 0 Å². The van der Waals surface area contributed by atoms with Gasteiger partial charge in [0.2, 0.25) is 11.8 Å². The summed E-state index contributed by atoms with van der Waals surface area (Å²) in [5.74, 6) is -4.30. The van der Waals surface area contributed by atoms with Gasteiger partial charge in [0.15, 0.2) is 5.75 Å². The van der Waals surface area contributed by atoms with Crippen LogP contribution in [0.5, 0.6) is 5.75 Å². The minimum absolute atomic E-state index is 0.174. The van der Waals surface area contributed by atoms with Gasteiger partial charge in [0.25, 0.3) is 5.91 Å². The topological polar surface area (TPSA) is 168 Å². The lowest BCUT2D eigenvalue weighted by molar-refractivity contribution is -0.274. The Kier molecular flexibility index (Phi) is 8.43. The Labute approximate surface area is 191 Å². The molecule has 0 aromatic heterocycles. The summed E-state index contributed by atoms with van der Waals surface area (Å²) < 4.78 is 41.3. The van der Waals surface area contributed by atoms with Gasteiger partial charge in [-0.05, 0) is 38.0 Å². The van der Waals surface area contributed by atoms with Crippen LogP contribution in [-0.2, 0) is 19.2 Å². The molecule has 186 valence electrons. The number of carbonyl (C=O) groups is 5. The van der Waals surface area contributed by atoms with Crippen LogP contribution in [0, 0.1) is 0 Å². The summed E-state index contributed by atoms with van der Waals surface area (Å²) in [6.07, 6.45) is -4.66. The summed E-state index contributed by atoms with van der Waals surface area (Å²) in [7, 11) is 0. The highest BCUT2D eigenvalue weighted by atomic mass is 19.4. The van der Waals surface area contributed by atoms with Gasteiger partial charge >= 0.3 is 12.3 Å². The van der Waals surface area contributed by atoms with Gasteiger partial charge in [0.1, 0.15) is 18.4 Å². The minimum atomic E-state index is -5.02. The molecule has 3 atom stereocenters. The summed E-state index contributed by atoms with van der Waals surface area (Å²) in [6, 6.07) is -0.428. The van der Waals surface area contributed by atoms with Gasteiger partial charge < -0.3 is 35.9 Å². The maximum atomic E-state index is 12.8. The summed E-state index contributed by atoms with van der Waals surface area (Å²) in [5.41, 5.74) is 4.84. The second-order valence-electron chi connectivity index (χ2n) is 7.53. The molecule has 0 bridgehead atoms. The first kappa shape index (κ1) is 26.4. The second-order valence-corrected chi connectivity index (χ2v) is 7.53. The molecular formula is C20H23F3N4O7. The van der Waals surface area contributed by atoms with Gasteiger partial charge in [-0.3, -0.25) is 19.2 Å². The lowest BCUT2D eigenvalue weighted by Crippen LogP contribution is -2.54. The molecule has 1 saturated heterocycles. The fraction of sp³-hybridized carbons (Fsp3) is 0.450. The van der Waals surface area contributed by atoms with Gasteiger partial charge in [-0.2, -0.15) is 0 Å². The summed E-state index contributed by atoms with van der Waals surface area (Å²) in [4.78, 5) is 60.8. The summed E-state index contributed by atoms with van der Waals surface area (Å²) in [6.45, 7) is 1.50. The number of nitrogens with two attached hydrogens (primary N) is 1. The zero-order chi connectivity index (χ0) is 25.6. The zero-order valence-corrected chi connectivity index (χ0v) is 17.9. The molecule has 2 rings (SSSR count).